The van der Waals surface area contributed by atoms with Crippen LogP contribution in [-0.2, 0) is 14.3 Å². The van der Waals surface area contributed by atoms with Crippen LogP contribution < -0.4 is 10.6 Å². The van der Waals surface area contributed by atoms with E-state index in [4.69, 9.17) is 4.74 Å². The van der Waals surface area contributed by atoms with Crippen LogP contribution in [0.2, 0.25) is 0 Å². The standard InChI is InChI=1S/C22H27N3O4S/c1-13(2)8-17(21(28)25-22(4)14(3)29-12-19(22)26)24-20(27)16-9-15(10-23-11-16)18-6-5-7-30-18/h5-7,9-11,13-14,17H,8,12H2,1-4H3,(H,24,27)(H,25,28)/t14-,17+,22-/m1/s1. The number of carbonyl (C=O) groups excluding carboxylic acids is 3. The number of ether oxygens (including phenoxy) is 1. The third-order valence-corrected chi connectivity index (χ3v) is 6.29. The van der Waals surface area contributed by atoms with E-state index in [-0.39, 0.29) is 24.2 Å². The summed E-state index contributed by atoms with van der Waals surface area (Å²) in [5.41, 5.74) is 0.123. The lowest BCUT2D eigenvalue weighted by Gasteiger charge is -2.30. The number of nitrogens with one attached hydrogen (secondary N) is 2. The maximum absolute atomic E-state index is 13.0. The van der Waals surface area contributed by atoms with Crippen LogP contribution in [0.4, 0.5) is 0 Å². The van der Waals surface area contributed by atoms with E-state index in [1.54, 1.807) is 37.4 Å². The first-order valence-corrected chi connectivity index (χ1v) is 10.9. The number of thiophene rings is 1. The van der Waals surface area contributed by atoms with Gasteiger partial charge in [0.25, 0.3) is 5.91 Å². The summed E-state index contributed by atoms with van der Waals surface area (Å²) in [6.07, 6.45) is 3.19. The molecule has 30 heavy (non-hydrogen) atoms. The fourth-order valence-electron chi connectivity index (χ4n) is 3.34. The van der Waals surface area contributed by atoms with Crippen LogP contribution in [0.25, 0.3) is 10.4 Å². The molecule has 3 atom stereocenters. The highest BCUT2D eigenvalue weighted by Crippen LogP contribution is 2.25. The summed E-state index contributed by atoms with van der Waals surface area (Å²) in [4.78, 5) is 43.3. The first-order valence-electron chi connectivity index (χ1n) is 9.97. The zero-order valence-electron chi connectivity index (χ0n) is 17.6. The molecule has 0 spiro atoms. The molecule has 2 amide bonds. The van der Waals surface area contributed by atoms with Crippen molar-refractivity contribution < 1.29 is 19.1 Å². The van der Waals surface area contributed by atoms with Crippen LogP contribution >= 0.6 is 11.3 Å². The summed E-state index contributed by atoms with van der Waals surface area (Å²) in [6.45, 7) is 7.33. The van der Waals surface area contributed by atoms with Gasteiger partial charge in [0.05, 0.1) is 11.7 Å². The summed E-state index contributed by atoms with van der Waals surface area (Å²) < 4.78 is 5.38. The number of carbonyl (C=O) groups is 3. The number of rotatable bonds is 7. The van der Waals surface area contributed by atoms with Gasteiger partial charge in [-0.05, 0) is 43.7 Å². The minimum Gasteiger partial charge on any atom is -0.368 e. The predicted octanol–water partition coefficient (Wildman–Crippen LogP) is 2.82. The summed E-state index contributed by atoms with van der Waals surface area (Å²) in [6, 6.07) is 4.88. The Morgan fingerprint density at radius 3 is 2.73 bits per heavy atom. The second kappa shape index (κ2) is 9.06. The lowest BCUT2D eigenvalue weighted by molar-refractivity contribution is -0.130. The first kappa shape index (κ1) is 22.1. The van der Waals surface area contributed by atoms with Crippen molar-refractivity contribution in [1.82, 2.24) is 15.6 Å². The molecule has 0 aliphatic carbocycles. The van der Waals surface area contributed by atoms with Crippen molar-refractivity contribution >= 4 is 28.9 Å². The highest BCUT2D eigenvalue weighted by Gasteiger charge is 2.47. The number of Topliss-reactive ketones (excluding diaryl/α,β-unsaturated/α-hetero) is 1. The normalized spacial score (nSPS) is 22.2. The minimum absolute atomic E-state index is 0.0274. The number of amides is 2. The maximum Gasteiger partial charge on any atom is 0.253 e. The minimum atomic E-state index is -1.10. The van der Waals surface area contributed by atoms with Gasteiger partial charge in [0, 0.05) is 22.8 Å². The Kier molecular flexibility index (Phi) is 6.67. The van der Waals surface area contributed by atoms with E-state index in [2.05, 4.69) is 15.6 Å². The van der Waals surface area contributed by atoms with Gasteiger partial charge in [-0.3, -0.25) is 19.4 Å². The van der Waals surface area contributed by atoms with Gasteiger partial charge in [-0.15, -0.1) is 11.3 Å². The van der Waals surface area contributed by atoms with Gasteiger partial charge < -0.3 is 15.4 Å². The first-order chi connectivity index (χ1) is 14.2. The van der Waals surface area contributed by atoms with E-state index in [1.165, 1.54) is 6.20 Å². The highest BCUT2D eigenvalue weighted by molar-refractivity contribution is 7.13. The van der Waals surface area contributed by atoms with Crippen molar-refractivity contribution in [2.24, 2.45) is 5.92 Å². The Bertz CT molecular complexity index is 928. The summed E-state index contributed by atoms with van der Waals surface area (Å²) in [5.74, 6) is -0.787. The number of ketones is 1. The number of nitrogens with zero attached hydrogens (tertiary/aromatic N) is 1. The van der Waals surface area contributed by atoms with Gasteiger partial charge >= 0.3 is 0 Å². The van der Waals surface area contributed by atoms with Gasteiger partial charge in [0.15, 0.2) is 5.78 Å². The van der Waals surface area contributed by atoms with E-state index < -0.39 is 23.6 Å². The number of aromatic nitrogens is 1. The maximum atomic E-state index is 13.0. The topological polar surface area (TPSA) is 97.4 Å². The molecule has 1 saturated heterocycles. The van der Waals surface area contributed by atoms with E-state index in [1.807, 2.05) is 31.4 Å². The van der Waals surface area contributed by atoms with Crippen molar-refractivity contribution in [2.75, 3.05) is 6.61 Å². The molecule has 0 unspecified atom stereocenters. The van der Waals surface area contributed by atoms with E-state index >= 15 is 0 Å². The van der Waals surface area contributed by atoms with Crippen LogP contribution in [0.1, 0.15) is 44.5 Å². The van der Waals surface area contributed by atoms with Gasteiger partial charge in [-0.2, -0.15) is 0 Å². The fourth-order valence-corrected chi connectivity index (χ4v) is 4.05. The van der Waals surface area contributed by atoms with Gasteiger partial charge in [-0.25, -0.2) is 0 Å². The van der Waals surface area contributed by atoms with Crippen molar-refractivity contribution in [2.45, 2.75) is 51.8 Å². The predicted molar refractivity (Wildman–Crippen MR) is 115 cm³/mol. The molecule has 0 bridgehead atoms. The average molecular weight is 430 g/mol. The Labute approximate surface area is 180 Å². The molecule has 3 heterocycles. The van der Waals surface area contributed by atoms with Gasteiger partial charge in [0.1, 0.15) is 18.2 Å². The lowest BCUT2D eigenvalue weighted by Crippen LogP contribution is -2.60. The number of pyridine rings is 1. The molecule has 8 heteroatoms. The number of hydrogen-bond acceptors (Lipinski definition) is 6. The lowest BCUT2D eigenvalue weighted by atomic mass is 9.92. The third-order valence-electron chi connectivity index (χ3n) is 5.37. The van der Waals surface area contributed by atoms with Crippen LogP contribution in [0, 0.1) is 5.92 Å². The van der Waals surface area contributed by atoms with Crippen molar-refractivity contribution in [3.05, 3.63) is 41.5 Å². The quantitative estimate of drug-likeness (QED) is 0.705. The fraction of sp³-hybridized carbons (Fsp3) is 0.455. The van der Waals surface area contributed by atoms with E-state index in [0.717, 1.165) is 10.4 Å². The second-order valence-electron chi connectivity index (χ2n) is 8.16. The van der Waals surface area contributed by atoms with Crippen molar-refractivity contribution in [3.63, 3.8) is 0 Å². The highest BCUT2D eigenvalue weighted by atomic mass is 32.1. The molecule has 1 aliphatic heterocycles. The molecule has 0 aromatic carbocycles. The molecule has 0 radical (unpaired) electrons. The Balaban J connectivity index is 1.76. The van der Waals surface area contributed by atoms with E-state index in [0.29, 0.717) is 12.0 Å². The van der Waals surface area contributed by atoms with Crippen molar-refractivity contribution in [3.8, 4) is 10.4 Å². The molecule has 1 fully saturated rings. The molecular formula is C22H27N3O4S. The Hall–Kier alpha value is -2.58. The third kappa shape index (κ3) is 4.76. The smallest absolute Gasteiger partial charge is 0.253 e. The molecule has 2 N–H and O–H groups in total. The average Bonchev–Trinajstić information content (AvgIpc) is 3.32. The monoisotopic (exact) mass is 429 g/mol. The summed E-state index contributed by atoms with van der Waals surface area (Å²) in [7, 11) is 0. The second-order valence-corrected chi connectivity index (χ2v) is 9.11. The summed E-state index contributed by atoms with van der Waals surface area (Å²) in [5, 5.41) is 7.59. The molecule has 7 nitrogen and oxygen atoms in total. The summed E-state index contributed by atoms with van der Waals surface area (Å²) >= 11 is 1.56. The van der Waals surface area contributed by atoms with Crippen LogP contribution in [0.5, 0.6) is 0 Å². The zero-order valence-corrected chi connectivity index (χ0v) is 18.4. The molecule has 1 aliphatic rings. The molecule has 2 aromatic rings. The van der Waals surface area contributed by atoms with Crippen molar-refractivity contribution in [1.29, 1.82) is 0 Å². The molecule has 2 aromatic heterocycles. The SMILES string of the molecule is CC(C)C[C@H](NC(=O)c1cncc(-c2cccs2)c1)C(=O)N[C@@]1(C)C(=O)CO[C@@H]1C. The molecule has 3 rings (SSSR count). The molecule has 160 valence electrons. The Morgan fingerprint density at radius 1 is 1.37 bits per heavy atom. The van der Waals surface area contributed by atoms with E-state index in [9.17, 15) is 14.4 Å². The Morgan fingerprint density at radius 2 is 2.13 bits per heavy atom. The van der Waals surface area contributed by atoms with Gasteiger partial charge in [0.2, 0.25) is 5.91 Å². The largest absolute Gasteiger partial charge is 0.368 e. The number of hydrogen-bond donors (Lipinski definition) is 2. The van der Waals surface area contributed by atoms with Gasteiger partial charge in [-0.1, -0.05) is 19.9 Å². The molecule has 0 saturated carbocycles. The van der Waals surface area contributed by atoms with Crippen LogP contribution in [-0.4, -0.2) is 46.9 Å². The zero-order chi connectivity index (χ0) is 21.9. The van der Waals surface area contributed by atoms with Crippen LogP contribution in [0.3, 0.4) is 0 Å². The van der Waals surface area contributed by atoms with Crippen LogP contribution in [0.15, 0.2) is 36.0 Å². The molecular weight excluding hydrogens is 402 g/mol.